The maximum Gasteiger partial charge on any atom is 0.263 e. The number of amides is 2. The molecule has 2 amide bonds. The van der Waals surface area contributed by atoms with Gasteiger partial charge in [0.15, 0.2) is 6.10 Å². The van der Waals surface area contributed by atoms with Crippen LogP contribution in [-0.2, 0) is 16.0 Å². The number of primary amides is 1. The Hall–Kier alpha value is -2.82. The summed E-state index contributed by atoms with van der Waals surface area (Å²) in [5, 5.41) is 0. The molecule has 2 aromatic carbocycles. The van der Waals surface area contributed by atoms with Gasteiger partial charge in [0.05, 0.1) is 0 Å². The van der Waals surface area contributed by atoms with E-state index in [2.05, 4.69) is 13.8 Å². The average molecular weight is 383 g/mol. The van der Waals surface area contributed by atoms with E-state index in [-0.39, 0.29) is 12.3 Å². The lowest BCUT2D eigenvalue weighted by Gasteiger charge is -2.26. The first-order valence-electron chi connectivity index (χ1n) is 9.74. The smallest absolute Gasteiger partial charge is 0.263 e. The average Bonchev–Trinajstić information content (AvgIpc) is 2.68. The summed E-state index contributed by atoms with van der Waals surface area (Å²) >= 11 is 0. The van der Waals surface area contributed by atoms with Crippen molar-refractivity contribution in [3.8, 4) is 5.75 Å². The maximum absolute atomic E-state index is 12.9. The molecule has 0 bridgehead atoms. The van der Waals surface area contributed by atoms with Crippen LogP contribution in [0, 0.1) is 0 Å². The Balaban J connectivity index is 2.00. The minimum absolute atomic E-state index is 0.135. The summed E-state index contributed by atoms with van der Waals surface area (Å²) in [5.41, 5.74) is 7.63. The van der Waals surface area contributed by atoms with E-state index >= 15 is 0 Å². The number of nitrogens with two attached hydrogens (primary N) is 1. The monoisotopic (exact) mass is 382 g/mol. The van der Waals surface area contributed by atoms with Crippen molar-refractivity contribution in [3.63, 3.8) is 0 Å². The van der Waals surface area contributed by atoms with E-state index in [1.54, 1.807) is 11.8 Å². The number of ether oxygens (including phenoxy) is 1. The topological polar surface area (TPSA) is 72.6 Å². The molecule has 1 unspecified atom stereocenters. The Morgan fingerprint density at radius 2 is 1.61 bits per heavy atom. The third kappa shape index (κ3) is 6.72. The first-order valence-corrected chi connectivity index (χ1v) is 9.74. The lowest BCUT2D eigenvalue weighted by Crippen LogP contribution is -2.43. The van der Waals surface area contributed by atoms with Crippen LogP contribution in [0.3, 0.4) is 0 Å². The highest BCUT2D eigenvalue weighted by molar-refractivity contribution is 5.82. The Bertz CT molecular complexity index is 757. The zero-order valence-corrected chi connectivity index (χ0v) is 16.9. The summed E-state index contributed by atoms with van der Waals surface area (Å²) < 4.78 is 5.84. The molecule has 5 nitrogen and oxygen atoms in total. The van der Waals surface area contributed by atoms with E-state index in [0.29, 0.717) is 31.2 Å². The second-order valence-corrected chi connectivity index (χ2v) is 7.26. The van der Waals surface area contributed by atoms with Crippen LogP contribution in [0.4, 0.5) is 0 Å². The van der Waals surface area contributed by atoms with E-state index < -0.39 is 12.0 Å². The van der Waals surface area contributed by atoms with Gasteiger partial charge in [-0.3, -0.25) is 9.59 Å². The summed E-state index contributed by atoms with van der Waals surface area (Å²) in [7, 11) is 0. The van der Waals surface area contributed by atoms with Gasteiger partial charge in [0.1, 0.15) is 5.75 Å². The number of hydrogen-bond acceptors (Lipinski definition) is 3. The lowest BCUT2D eigenvalue weighted by atomic mass is 10.0. The summed E-state index contributed by atoms with van der Waals surface area (Å²) in [6.45, 7) is 6.80. The quantitative estimate of drug-likeness (QED) is 0.683. The van der Waals surface area contributed by atoms with Crippen LogP contribution in [-0.4, -0.2) is 35.9 Å². The zero-order valence-electron chi connectivity index (χ0n) is 16.9. The predicted octanol–water partition coefficient (Wildman–Crippen LogP) is 3.52. The molecular weight excluding hydrogens is 352 g/mol. The highest BCUT2D eigenvalue weighted by Gasteiger charge is 2.22. The minimum atomic E-state index is -0.645. The third-order valence-electron chi connectivity index (χ3n) is 4.66. The molecule has 28 heavy (non-hydrogen) atoms. The van der Waals surface area contributed by atoms with Crippen LogP contribution >= 0.6 is 0 Å². The molecule has 0 saturated carbocycles. The van der Waals surface area contributed by atoms with Gasteiger partial charge in [0.2, 0.25) is 5.91 Å². The van der Waals surface area contributed by atoms with E-state index in [0.717, 1.165) is 5.56 Å². The van der Waals surface area contributed by atoms with Crippen molar-refractivity contribution in [2.75, 3.05) is 13.1 Å². The van der Waals surface area contributed by atoms with Crippen molar-refractivity contribution in [1.29, 1.82) is 0 Å². The molecule has 2 N–H and O–H groups in total. The first-order chi connectivity index (χ1) is 13.4. The standard InChI is InChI=1S/C23H30N2O3/c1-17(2)20-9-11-21(12-10-20)28-18(3)23(27)25(16-14-22(24)26)15-13-19-7-5-4-6-8-19/h4-12,17-18H,13-16H2,1-3H3,(H2,24,26). The number of rotatable bonds is 10. The second kappa shape index (κ2) is 10.5. The number of hydrogen-bond donors (Lipinski definition) is 1. The van der Waals surface area contributed by atoms with Gasteiger partial charge in [-0.15, -0.1) is 0 Å². The van der Waals surface area contributed by atoms with E-state index in [1.807, 2.05) is 54.6 Å². The molecule has 0 saturated heterocycles. The largest absolute Gasteiger partial charge is 0.481 e. The highest BCUT2D eigenvalue weighted by Crippen LogP contribution is 2.20. The van der Waals surface area contributed by atoms with E-state index in [9.17, 15) is 9.59 Å². The van der Waals surface area contributed by atoms with Crippen LogP contribution < -0.4 is 10.5 Å². The van der Waals surface area contributed by atoms with Crippen molar-refractivity contribution in [2.24, 2.45) is 5.73 Å². The molecule has 0 radical (unpaired) electrons. The normalized spacial score (nSPS) is 11.9. The Morgan fingerprint density at radius 3 is 2.18 bits per heavy atom. The van der Waals surface area contributed by atoms with Gasteiger partial charge in [-0.1, -0.05) is 56.3 Å². The SMILES string of the molecule is CC(Oc1ccc(C(C)C)cc1)C(=O)N(CCC(N)=O)CCc1ccccc1. The van der Waals surface area contributed by atoms with Crippen molar-refractivity contribution in [2.45, 2.75) is 45.6 Å². The van der Waals surface area contributed by atoms with Crippen LogP contribution in [0.25, 0.3) is 0 Å². The van der Waals surface area contributed by atoms with Crippen LogP contribution in [0.2, 0.25) is 0 Å². The van der Waals surface area contributed by atoms with E-state index in [4.69, 9.17) is 10.5 Å². The molecule has 0 aliphatic heterocycles. The van der Waals surface area contributed by atoms with Gasteiger partial charge in [-0.05, 0) is 42.5 Å². The van der Waals surface area contributed by atoms with Gasteiger partial charge in [0.25, 0.3) is 5.91 Å². The van der Waals surface area contributed by atoms with Crippen LogP contribution in [0.15, 0.2) is 54.6 Å². The van der Waals surface area contributed by atoms with Crippen molar-refractivity contribution in [3.05, 3.63) is 65.7 Å². The molecule has 150 valence electrons. The maximum atomic E-state index is 12.9. The van der Waals surface area contributed by atoms with Crippen molar-refractivity contribution in [1.82, 2.24) is 4.90 Å². The fourth-order valence-electron chi connectivity index (χ4n) is 2.93. The predicted molar refractivity (Wildman–Crippen MR) is 111 cm³/mol. The highest BCUT2D eigenvalue weighted by atomic mass is 16.5. The molecule has 2 rings (SSSR count). The van der Waals surface area contributed by atoms with Gasteiger partial charge in [0, 0.05) is 19.5 Å². The summed E-state index contributed by atoms with van der Waals surface area (Å²) in [5.74, 6) is 0.527. The molecule has 0 aliphatic rings. The van der Waals surface area contributed by atoms with Gasteiger partial charge in [-0.2, -0.15) is 0 Å². The Labute approximate surface area is 167 Å². The molecule has 0 heterocycles. The fourth-order valence-corrected chi connectivity index (χ4v) is 2.93. The summed E-state index contributed by atoms with van der Waals surface area (Å²) in [6.07, 6.45) is 0.200. The number of benzene rings is 2. The van der Waals surface area contributed by atoms with Crippen LogP contribution in [0.1, 0.15) is 44.2 Å². The van der Waals surface area contributed by atoms with Gasteiger partial charge in [-0.25, -0.2) is 0 Å². The van der Waals surface area contributed by atoms with Crippen molar-refractivity contribution >= 4 is 11.8 Å². The minimum Gasteiger partial charge on any atom is -0.481 e. The van der Waals surface area contributed by atoms with Gasteiger partial charge >= 0.3 is 0 Å². The lowest BCUT2D eigenvalue weighted by molar-refractivity contribution is -0.138. The molecule has 0 spiro atoms. The third-order valence-corrected chi connectivity index (χ3v) is 4.66. The van der Waals surface area contributed by atoms with E-state index in [1.165, 1.54) is 5.56 Å². The summed E-state index contributed by atoms with van der Waals surface area (Å²) in [4.78, 5) is 25.8. The number of carbonyl (C=O) groups is 2. The molecule has 1 atom stereocenters. The second-order valence-electron chi connectivity index (χ2n) is 7.26. The Kier molecular flexibility index (Phi) is 8.05. The molecular formula is C23H30N2O3. The number of carbonyl (C=O) groups excluding carboxylic acids is 2. The van der Waals surface area contributed by atoms with Gasteiger partial charge < -0.3 is 15.4 Å². The molecule has 5 heteroatoms. The van der Waals surface area contributed by atoms with Crippen molar-refractivity contribution < 1.29 is 14.3 Å². The zero-order chi connectivity index (χ0) is 20.5. The molecule has 0 aromatic heterocycles. The summed E-state index contributed by atoms with van der Waals surface area (Å²) in [6, 6.07) is 17.7. The fraction of sp³-hybridized carbons (Fsp3) is 0.391. The molecule has 0 aliphatic carbocycles. The number of nitrogens with zero attached hydrogens (tertiary/aromatic N) is 1. The first kappa shape index (κ1) is 21.5. The molecule has 2 aromatic rings. The molecule has 0 fully saturated rings. The Morgan fingerprint density at radius 1 is 0.964 bits per heavy atom. The van der Waals surface area contributed by atoms with Crippen LogP contribution in [0.5, 0.6) is 5.75 Å².